The summed E-state index contributed by atoms with van der Waals surface area (Å²) in [6.45, 7) is 7.22. The lowest BCUT2D eigenvalue weighted by Gasteiger charge is -2.24. The summed E-state index contributed by atoms with van der Waals surface area (Å²) in [6.07, 6.45) is 2.74. The maximum atomic E-state index is 11.3. The minimum absolute atomic E-state index is 0.308. The Labute approximate surface area is 110 Å². The summed E-state index contributed by atoms with van der Waals surface area (Å²) in [5, 5.41) is 9.25. The molecule has 0 spiro atoms. The Kier molecular flexibility index (Phi) is 5.22. The average molecular weight is 298 g/mol. The lowest BCUT2D eigenvalue weighted by molar-refractivity contribution is 0.0696. The highest BCUT2D eigenvalue weighted by molar-refractivity contribution is 9.10. The molecule has 0 aliphatic heterocycles. The van der Waals surface area contributed by atoms with Crippen LogP contribution in [0.25, 0.3) is 0 Å². The van der Waals surface area contributed by atoms with Crippen LogP contribution in [0.4, 0.5) is 5.69 Å². The van der Waals surface area contributed by atoms with E-state index in [1.807, 2.05) is 17.0 Å². The first-order chi connectivity index (χ1) is 8.11. The van der Waals surface area contributed by atoms with Crippen LogP contribution in [0.5, 0.6) is 0 Å². The molecule has 0 saturated heterocycles. The summed E-state index contributed by atoms with van der Waals surface area (Å²) < 4.78 is 0.604. The van der Waals surface area contributed by atoms with Crippen molar-refractivity contribution in [3.63, 3.8) is 0 Å². The molecule has 1 N–H and O–H groups in total. The predicted molar refractivity (Wildman–Crippen MR) is 73.8 cm³/mol. The molecular weight excluding hydrogens is 282 g/mol. The molecule has 0 atom stereocenters. The van der Waals surface area contributed by atoms with Crippen molar-refractivity contribution in [2.75, 3.05) is 18.0 Å². The molecule has 1 aromatic carbocycles. The van der Waals surface area contributed by atoms with Gasteiger partial charge in [-0.15, -0.1) is 6.58 Å². The van der Waals surface area contributed by atoms with Crippen LogP contribution in [0, 0.1) is 0 Å². The fourth-order valence-corrected chi connectivity index (χ4v) is 2.25. The number of benzene rings is 1. The molecule has 1 aromatic rings. The molecule has 92 valence electrons. The van der Waals surface area contributed by atoms with E-state index in [2.05, 4.69) is 29.4 Å². The number of hydrogen-bond acceptors (Lipinski definition) is 2. The zero-order chi connectivity index (χ0) is 12.8. The number of halogens is 1. The minimum atomic E-state index is -0.919. The van der Waals surface area contributed by atoms with Crippen molar-refractivity contribution in [3.8, 4) is 0 Å². The monoisotopic (exact) mass is 297 g/mol. The molecular formula is C13H16BrNO2. The van der Waals surface area contributed by atoms with Gasteiger partial charge in [-0.2, -0.15) is 0 Å². The first kappa shape index (κ1) is 13.8. The van der Waals surface area contributed by atoms with Crippen molar-refractivity contribution in [2.45, 2.75) is 13.3 Å². The molecule has 0 saturated carbocycles. The lowest BCUT2D eigenvalue weighted by Crippen LogP contribution is -2.26. The quantitative estimate of drug-likeness (QED) is 0.816. The van der Waals surface area contributed by atoms with Crippen LogP contribution >= 0.6 is 15.9 Å². The first-order valence-corrected chi connectivity index (χ1v) is 6.28. The summed E-state index contributed by atoms with van der Waals surface area (Å²) in [7, 11) is 0. The van der Waals surface area contributed by atoms with Gasteiger partial charge < -0.3 is 10.0 Å². The number of carboxylic acid groups (broad SMARTS) is 1. The Bertz CT molecular complexity index is 418. The second-order valence-corrected chi connectivity index (χ2v) is 4.53. The molecule has 0 heterocycles. The van der Waals surface area contributed by atoms with Crippen LogP contribution < -0.4 is 4.90 Å². The molecule has 3 nitrogen and oxygen atoms in total. The number of aromatic carboxylic acids is 1. The standard InChI is InChI=1S/C13H16BrNO2/c1-3-8-15(9-4-2)11-7-5-6-10(14)12(11)13(16)17/h3,5-7H,1,4,8-9H2,2H3,(H,16,17). The van der Waals surface area contributed by atoms with Gasteiger partial charge in [-0.05, 0) is 34.5 Å². The highest BCUT2D eigenvalue weighted by atomic mass is 79.9. The molecule has 4 heteroatoms. The SMILES string of the molecule is C=CCN(CCC)c1cccc(Br)c1C(=O)O. The van der Waals surface area contributed by atoms with Crippen molar-refractivity contribution in [3.05, 3.63) is 40.9 Å². The second kappa shape index (κ2) is 6.45. The van der Waals surface area contributed by atoms with Gasteiger partial charge in [0, 0.05) is 17.6 Å². The highest BCUT2D eigenvalue weighted by Gasteiger charge is 2.17. The van der Waals surface area contributed by atoms with E-state index in [1.54, 1.807) is 12.1 Å². The molecule has 0 amide bonds. The zero-order valence-electron chi connectivity index (χ0n) is 9.82. The molecule has 0 unspecified atom stereocenters. The molecule has 17 heavy (non-hydrogen) atoms. The second-order valence-electron chi connectivity index (χ2n) is 3.67. The number of rotatable bonds is 6. The highest BCUT2D eigenvalue weighted by Crippen LogP contribution is 2.28. The van der Waals surface area contributed by atoms with Gasteiger partial charge in [0.1, 0.15) is 0 Å². The number of hydrogen-bond donors (Lipinski definition) is 1. The van der Waals surface area contributed by atoms with Crippen LogP contribution in [-0.2, 0) is 0 Å². The zero-order valence-corrected chi connectivity index (χ0v) is 11.4. The van der Waals surface area contributed by atoms with E-state index >= 15 is 0 Å². The van der Waals surface area contributed by atoms with Gasteiger partial charge in [0.05, 0.1) is 11.3 Å². The Morgan fingerprint density at radius 3 is 2.82 bits per heavy atom. The predicted octanol–water partition coefficient (Wildman–Crippen LogP) is 3.55. The van der Waals surface area contributed by atoms with E-state index in [-0.39, 0.29) is 0 Å². The van der Waals surface area contributed by atoms with E-state index in [9.17, 15) is 9.90 Å². The fourth-order valence-electron chi connectivity index (χ4n) is 1.72. The normalized spacial score (nSPS) is 10.0. The summed E-state index contributed by atoms with van der Waals surface area (Å²) in [5.74, 6) is -0.919. The van der Waals surface area contributed by atoms with Gasteiger partial charge in [0.2, 0.25) is 0 Å². The third-order valence-corrected chi connectivity index (χ3v) is 3.05. The molecule has 0 bridgehead atoms. The molecule has 1 rings (SSSR count). The maximum Gasteiger partial charge on any atom is 0.338 e. The van der Waals surface area contributed by atoms with Crippen LogP contribution in [-0.4, -0.2) is 24.2 Å². The molecule has 0 aliphatic rings. The Balaban J connectivity index is 3.21. The van der Waals surface area contributed by atoms with Gasteiger partial charge >= 0.3 is 5.97 Å². The van der Waals surface area contributed by atoms with E-state index in [0.29, 0.717) is 16.6 Å². The Hall–Kier alpha value is -1.29. The van der Waals surface area contributed by atoms with E-state index in [1.165, 1.54) is 0 Å². The van der Waals surface area contributed by atoms with Gasteiger partial charge in [0.25, 0.3) is 0 Å². The van der Waals surface area contributed by atoms with Crippen molar-refractivity contribution in [1.82, 2.24) is 0 Å². The van der Waals surface area contributed by atoms with Crippen molar-refractivity contribution in [1.29, 1.82) is 0 Å². The average Bonchev–Trinajstić information content (AvgIpc) is 2.28. The Morgan fingerprint density at radius 1 is 1.59 bits per heavy atom. The topological polar surface area (TPSA) is 40.5 Å². The van der Waals surface area contributed by atoms with Crippen molar-refractivity contribution in [2.24, 2.45) is 0 Å². The number of carbonyl (C=O) groups is 1. The molecule has 0 aromatic heterocycles. The summed E-state index contributed by atoms with van der Waals surface area (Å²) in [6, 6.07) is 5.41. The van der Waals surface area contributed by atoms with Crippen LogP contribution in [0.15, 0.2) is 35.3 Å². The lowest BCUT2D eigenvalue weighted by atomic mass is 10.1. The van der Waals surface area contributed by atoms with Crippen LogP contribution in [0.2, 0.25) is 0 Å². The third-order valence-electron chi connectivity index (χ3n) is 2.39. The third kappa shape index (κ3) is 3.33. The maximum absolute atomic E-state index is 11.3. The Morgan fingerprint density at radius 2 is 2.29 bits per heavy atom. The van der Waals surface area contributed by atoms with E-state index in [0.717, 1.165) is 18.7 Å². The molecule has 0 radical (unpaired) electrons. The van der Waals surface area contributed by atoms with E-state index < -0.39 is 5.97 Å². The minimum Gasteiger partial charge on any atom is -0.478 e. The van der Waals surface area contributed by atoms with Crippen molar-refractivity contribution < 1.29 is 9.90 Å². The van der Waals surface area contributed by atoms with Crippen LogP contribution in [0.3, 0.4) is 0 Å². The summed E-state index contributed by atoms with van der Waals surface area (Å²) >= 11 is 3.28. The summed E-state index contributed by atoms with van der Waals surface area (Å²) in [4.78, 5) is 13.3. The van der Waals surface area contributed by atoms with Gasteiger partial charge in [0.15, 0.2) is 0 Å². The molecule has 0 fully saturated rings. The van der Waals surface area contributed by atoms with Crippen LogP contribution in [0.1, 0.15) is 23.7 Å². The number of nitrogens with zero attached hydrogens (tertiary/aromatic N) is 1. The smallest absolute Gasteiger partial charge is 0.338 e. The first-order valence-electron chi connectivity index (χ1n) is 5.49. The van der Waals surface area contributed by atoms with Gasteiger partial charge in [-0.3, -0.25) is 0 Å². The molecule has 0 aliphatic carbocycles. The van der Waals surface area contributed by atoms with Gasteiger partial charge in [-0.1, -0.05) is 19.1 Å². The number of carboxylic acids is 1. The summed E-state index contributed by atoms with van der Waals surface area (Å²) in [5.41, 5.74) is 1.04. The van der Waals surface area contributed by atoms with Gasteiger partial charge in [-0.25, -0.2) is 4.79 Å². The largest absolute Gasteiger partial charge is 0.478 e. The number of anilines is 1. The van der Waals surface area contributed by atoms with Crippen molar-refractivity contribution >= 4 is 27.6 Å². The van der Waals surface area contributed by atoms with E-state index in [4.69, 9.17) is 0 Å². The fraction of sp³-hybridized carbons (Fsp3) is 0.308.